The van der Waals surface area contributed by atoms with E-state index in [1.807, 2.05) is 0 Å². The maximum absolute atomic E-state index is 10.2. The van der Waals surface area contributed by atoms with Crippen LogP contribution in [0.5, 0.6) is 0 Å². The van der Waals surface area contributed by atoms with Gasteiger partial charge in [-0.15, -0.1) is 0 Å². The second-order valence-corrected chi connectivity index (χ2v) is 131. The van der Waals surface area contributed by atoms with Crippen LogP contribution in [0.25, 0.3) is 68.8 Å². The summed E-state index contributed by atoms with van der Waals surface area (Å²) in [6, 6.07) is 71.7. The van der Waals surface area contributed by atoms with Crippen LogP contribution in [-0.2, 0) is 28.1 Å². The molecule has 0 aromatic heterocycles. The molecule has 0 aliphatic heterocycles. The van der Waals surface area contributed by atoms with E-state index in [-0.39, 0.29) is 14.5 Å². The Labute approximate surface area is 488 Å². The van der Waals surface area contributed by atoms with Crippen LogP contribution in [-0.4, -0.2) is 13.3 Å². The van der Waals surface area contributed by atoms with Gasteiger partial charge in [-0.3, -0.25) is 0 Å². The molecular weight excluding hydrogens is 1250 g/mol. The van der Waals surface area contributed by atoms with Gasteiger partial charge in [0.25, 0.3) is 0 Å². The van der Waals surface area contributed by atoms with Crippen molar-refractivity contribution in [2.45, 2.75) is 89.2 Å². The second kappa shape index (κ2) is 20.4. The summed E-state index contributed by atoms with van der Waals surface area (Å²) in [7, 11) is 40.6. The standard InChI is InChI=1S/4C17H15.C2H4.2CH5Si.4ClH.2Zr/c4*1-2-13-11-15-9-6-10-16(17(15)12-13)14-7-4-3-5-8-14;3*1-2;;;;;;/h4*3-12H,2H2,1H3;1-2H2;2*2H2,1H3;4*1H;;/q;;;;;;;;;;;2*+2/p-4. The molecule has 406 valence electrons. The Kier molecular flexibility index (Phi) is 14.4. The van der Waals surface area contributed by atoms with Gasteiger partial charge in [0.15, 0.2) is 0 Å². The summed E-state index contributed by atoms with van der Waals surface area (Å²) in [5.41, 5.74) is 25.5. The summed E-state index contributed by atoms with van der Waals surface area (Å²) in [5, 5.41) is 0. The Bertz CT molecular complexity index is 3430. The van der Waals surface area contributed by atoms with Crippen LogP contribution in [0.1, 0.15) is 112 Å². The number of benzene rings is 8. The zero-order chi connectivity index (χ0) is 55.8. The molecule has 4 aliphatic carbocycles. The van der Waals surface area contributed by atoms with Crippen LogP contribution in [0.4, 0.5) is 0 Å². The average molecular weight is 1320 g/mol. The van der Waals surface area contributed by atoms with Crippen molar-refractivity contribution in [1.29, 1.82) is 0 Å². The molecule has 0 radical (unpaired) electrons. The van der Waals surface area contributed by atoms with Crippen molar-refractivity contribution in [2.75, 3.05) is 0 Å². The first-order valence-corrected chi connectivity index (χ1v) is 66.2. The van der Waals surface area contributed by atoms with Gasteiger partial charge in [0.1, 0.15) is 0 Å². The molecule has 0 N–H and O–H groups in total. The monoisotopic (exact) mass is 1310 g/mol. The van der Waals surface area contributed by atoms with Gasteiger partial charge in [-0.2, -0.15) is 0 Å². The van der Waals surface area contributed by atoms with Crippen LogP contribution in [0.2, 0.25) is 21.4 Å². The number of halogens is 4. The van der Waals surface area contributed by atoms with Crippen molar-refractivity contribution in [1.82, 2.24) is 0 Å². The summed E-state index contributed by atoms with van der Waals surface area (Å²) in [6.45, 7) is 11.6. The average Bonchev–Trinajstić information content (AvgIpc) is 2.34. The fourth-order valence-electron chi connectivity index (χ4n) is 17.0. The molecule has 0 spiro atoms. The van der Waals surface area contributed by atoms with Crippen LogP contribution < -0.4 is 0 Å². The molecule has 80 heavy (non-hydrogen) atoms. The maximum atomic E-state index is 10.2. The van der Waals surface area contributed by atoms with E-state index in [9.17, 15) is 34.1 Å². The Morgan fingerprint density at radius 1 is 0.300 bits per heavy atom. The molecule has 8 aromatic rings. The normalized spacial score (nSPS) is 20.3. The number of allylic oxidation sites excluding steroid dienone is 4. The van der Waals surface area contributed by atoms with E-state index in [1.165, 1.54) is 111 Å². The molecule has 4 aliphatic rings. The second-order valence-electron chi connectivity index (χ2n) is 24.5. The van der Waals surface area contributed by atoms with Crippen molar-refractivity contribution in [3.05, 3.63) is 261 Å². The predicted molar refractivity (Wildman–Crippen MR) is 353 cm³/mol. The molecule has 8 aromatic carbocycles. The van der Waals surface area contributed by atoms with Crippen LogP contribution in [0, 0.1) is 0 Å². The zero-order valence-corrected chi connectivity index (χ0v) is 58.0. The van der Waals surface area contributed by atoms with E-state index in [0.29, 0.717) is 8.26 Å². The molecule has 0 fully saturated rings. The Balaban J connectivity index is 1.19. The van der Waals surface area contributed by atoms with E-state index < -0.39 is 41.4 Å². The van der Waals surface area contributed by atoms with E-state index in [1.54, 1.807) is 0 Å². The van der Waals surface area contributed by atoms with Crippen molar-refractivity contribution in [3.63, 3.8) is 0 Å². The first-order valence-electron chi connectivity index (χ1n) is 29.7. The molecule has 0 bridgehead atoms. The zero-order valence-electron chi connectivity index (χ0n) is 47.3. The van der Waals surface area contributed by atoms with Gasteiger partial charge in [0.2, 0.25) is 0 Å². The molecular formula is C72H74Cl4Si2Zr2. The van der Waals surface area contributed by atoms with Crippen LogP contribution >= 0.6 is 34.1 Å². The van der Waals surface area contributed by atoms with Gasteiger partial charge < -0.3 is 0 Å². The topological polar surface area (TPSA) is 0 Å². The van der Waals surface area contributed by atoms with E-state index in [0.717, 1.165) is 25.7 Å². The minimum atomic E-state index is -6.46. The summed E-state index contributed by atoms with van der Waals surface area (Å²) >= 11 is -12.9. The number of fused-ring (bicyclic) bond motifs is 4. The molecule has 0 heterocycles. The molecule has 0 saturated heterocycles. The Hall–Kier alpha value is -3.92. The minimum absolute atomic E-state index is 0.170. The Morgan fingerprint density at radius 2 is 0.512 bits per heavy atom. The molecule has 0 amide bonds. The van der Waals surface area contributed by atoms with Gasteiger partial charge >= 0.3 is 494 Å². The quantitative estimate of drug-likeness (QED) is 0.0797. The van der Waals surface area contributed by atoms with Gasteiger partial charge in [-0.1, -0.05) is 0 Å². The number of hydrogen-bond donors (Lipinski definition) is 0. The first kappa shape index (κ1) is 56.6. The van der Waals surface area contributed by atoms with Crippen molar-refractivity contribution >= 4 is 71.6 Å². The summed E-state index contributed by atoms with van der Waals surface area (Å²) in [5.74, 6) is 0. The summed E-state index contributed by atoms with van der Waals surface area (Å²) in [6.07, 6.45) is 13.5. The Morgan fingerprint density at radius 3 is 0.700 bits per heavy atom. The summed E-state index contributed by atoms with van der Waals surface area (Å²) < 4.78 is 0.587. The fraction of sp³-hybridized carbons (Fsp3) is 0.222. The molecule has 8 heteroatoms. The number of rotatable bonds is 17. The molecule has 4 atom stereocenters. The van der Waals surface area contributed by atoms with Crippen molar-refractivity contribution < 1.29 is 28.1 Å². The van der Waals surface area contributed by atoms with E-state index in [4.69, 9.17) is 0 Å². The summed E-state index contributed by atoms with van der Waals surface area (Å²) in [4.78, 5) is 0. The van der Waals surface area contributed by atoms with Crippen LogP contribution in [0.15, 0.2) is 216 Å². The fourth-order valence-corrected chi connectivity index (χ4v) is 136. The van der Waals surface area contributed by atoms with Gasteiger partial charge in [-0.05, 0) is 0 Å². The molecule has 0 saturated carbocycles. The third-order valence-electron chi connectivity index (χ3n) is 21.0. The number of hydrogen-bond acceptors (Lipinski definition) is 0. The third-order valence-corrected chi connectivity index (χ3v) is 133. The SMILES string of the molecule is CCC1=Cc2c(-c3ccccc3)cccc2[CH]1[Zr]([Cl])([Cl])([CH2][CH2][Zr]([Cl])([Cl])([SiH2]C)([CH]1C(CC)=Cc2c(-c3ccccc3)cccc21)[CH]1C(CC)=Cc2c(-c3ccccc3)cccc21)([SiH2]C)[CH]1C(CC)=Cc2c(-c3ccccc3)cccc21. The van der Waals surface area contributed by atoms with Crippen molar-refractivity contribution in [3.8, 4) is 44.5 Å². The van der Waals surface area contributed by atoms with Gasteiger partial charge in [0, 0.05) is 0 Å². The van der Waals surface area contributed by atoms with E-state index in [2.05, 4.69) is 259 Å². The molecule has 4 unspecified atom stereocenters. The van der Waals surface area contributed by atoms with E-state index >= 15 is 0 Å². The van der Waals surface area contributed by atoms with Crippen LogP contribution in [0.3, 0.4) is 0 Å². The first-order chi connectivity index (χ1) is 38.6. The third kappa shape index (κ3) is 8.40. The predicted octanol–water partition coefficient (Wildman–Crippen LogP) is 22.0. The molecule has 12 rings (SSSR count). The van der Waals surface area contributed by atoms with Crippen molar-refractivity contribution in [2.24, 2.45) is 0 Å². The van der Waals surface area contributed by atoms with Gasteiger partial charge in [-0.25, -0.2) is 0 Å². The molecule has 0 nitrogen and oxygen atoms in total. The van der Waals surface area contributed by atoms with Gasteiger partial charge in [0.05, 0.1) is 0 Å².